The van der Waals surface area contributed by atoms with E-state index in [-0.39, 0.29) is 17.5 Å². The van der Waals surface area contributed by atoms with E-state index in [1.807, 2.05) is 6.92 Å². The van der Waals surface area contributed by atoms with Gasteiger partial charge in [-0.2, -0.15) is 0 Å². The number of aryl methyl sites for hydroxylation is 1. The van der Waals surface area contributed by atoms with Gasteiger partial charge in [-0.05, 0) is 44.0 Å². The number of hydrogen-bond acceptors (Lipinski definition) is 3. The van der Waals surface area contributed by atoms with Crippen LogP contribution in [-0.4, -0.2) is 27.5 Å². The summed E-state index contributed by atoms with van der Waals surface area (Å²) in [6.45, 7) is 4.74. The van der Waals surface area contributed by atoms with Gasteiger partial charge in [-0.3, -0.25) is 0 Å². The predicted octanol–water partition coefficient (Wildman–Crippen LogP) is 1.55. The van der Waals surface area contributed by atoms with Crippen molar-refractivity contribution in [2.45, 2.75) is 31.2 Å². The third-order valence-corrected chi connectivity index (χ3v) is 5.10. The molecule has 20 heavy (non-hydrogen) atoms. The molecule has 0 amide bonds. The molecule has 1 aliphatic rings. The van der Waals surface area contributed by atoms with Crippen molar-refractivity contribution in [2.24, 2.45) is 5.92 Å². The average Bonchev–Trinajstić information content (AvgIpc) is 2.36. The molecule has 0 aliphatic carbocycles. The standard InChI is InChI=1S/C13H18F2N2O2S/c1-8-5-13(11(15)6-10(8)14)20(18,19)17-12-3-4-16-7-9(12)2/h5-6,9,12,16-17H,3-4,7H2,1-2H3. The Labute approximate surface area is 117 Å². The van der Waals surface area contributed by atoms with Crippen LogP contribution in [0.5, 0.6) is 0 Å². The number of halogens is 2. The van der Waals surface area contributed by atoms with E-state index in [1.54, 1.807) is 0 Å². The molecule has 2 rings (SSSR count). The van der Waals surface area contributed by atoms with Crippen molar-refractivity contribution in [1.29, 1.82) is 0 Å². The highest BCUT2D eigenvalue weighted by atomic mass is 32.2. The molecule has 1 aliphatic heterocycles. The van der Waals surface area contributed by atoms with E-state index in [4.69, 9.17) is 0 Å². The van der Waals surface area contributed by atoms with Gasteiger partial charge in [0.25, 0.3) is 0 Å². The van der Waals surface area contributed by atoms with Crippen LogP contribution in [-0.2, 0) is 10.0 Å². The van der Waals surface area contributed by atoms with Crippen LogP contribution in [0.25, 0.3) is 0 Å². The Morgan fingerprint density at radius 1 is 1.30 bits per heavy atom. The molecule has 1 saturated heterocycles. The monoisotopic (exact) mass is 304 g/mol. The second-order valence-corrected chi connectivity index (χ2v) is 6.91. The van der Waals surface area contributed by atoms with Crippen LogP contribution in [0.15, 0.2) is 17.0 Å². The maximum atomic E-state index is 13.7. The fraction of sp³-hybridized carbons (Fsp3) is 0.538. The van der Waals surface area contributed by atoms with Crippen LogP contribution in [0, 0.1) is 24.5 Å². The Balaban J connectivity index is 2.28. The Bertz CT molecular complexity index is 605. The lowest BCUT2D eigenvalue weighted by atomic mass is 9.97. The number of hydrogen-bond donors (Lipinski definition) is 2. The summed E-state index contributed by atoms with van der Waals surface area (Å²) in [5.74, 6) is -1.71. The molecular formula is C13H18F2N2O2S. The van der Waals surface area contributed by atoms with Gasteiger partial charge >= 0.3 is 0 Å². The lowest BCUT2D eigenvalue weighted by molar-refractivity contribution is 0.327. The topological polar surface area (TPSA) is 58.2 Å². The molecule has 2 unspecified atom stereocenters. The summed E-state index contributed by atoms with van der Waals surface area (Å²) < 4.78 is 53.9. The molecule has 0 aromatic heterocycles. The highest BCUT2D eigenvalue weighted by Gasteiger charge is 2.28. The normalized spacial score (nSPS) is 23.8. The molecule has 0 spiro atoms. The first-order chi connectivity index (χ1) is 9.31. The number of benzene rings is 1. The first kappa shape index (κ1) is 15.3. The van der Waals surface area contributed by atoms with E-state index < -0.39 is 26.6 Å². The molecule has 2 N–H and O–H groups in total. The minimum atomic E-state index is -3.98. The fourth-order valence-electron chi connectivity index (χ4n) is 2.29. The largest absolute Gasteiger partial charge is 0.316 e. The van der Waals surface area contributed by atoms with E-state index in [0.29, 0.717) is 25.6 Å². The maximum absolute atomic E-state index is 13.7. The van der Waals surface area contributed by atoms with E-state index >= 15 is 0 Å². The molecule has 0 radical (unpaired) electrons. The summed E-state index contributed by atoms with van der Waals surface area (Å²) in [6, 6.07) is 1.39. The lowest BCUT2D eigenvalue weighted by Gasteiger charge is -2.30. The number of piperidine rings is 1. The van der Waals surface area contributed by atoms with Gasteiger partial charge in [0.15, 0.2) is 0 Å². The van der Waals surface area contributed by atoms with Gasteiger partial charge in [0.05, 0.1) is 0 Å². The fourth-order valence-corrected chi connectivity index (χ4v) is 3.81. The average molecular weight is 304 g/mol. The summed E-state index contributed by atoms with van der Waals surface area (Å²) in [7, 11) is -3.98. The van der Waals surface area contributed by atoms with E-state index in [2.05, 4.69) is 10.0 Å². The third kappa shape index (κ3) is 3.16. The van der Waals surface area contributed by atoms with Crippen LogP contribution >= 0.6 is 0 Å². The second-order valence-electron chi connectivity index (χ2n) is 5.23. The minimum Gasteiger partial charge on any atom is -0.316 e. The van der Waals surface area contributed by atoms with E-state index in [9.17, 15) is 17.2 Å². The summed E-state index contributed by atoms with van der Waals surface area (Å²) in [6.07, 6.45) is 0.641. The number of nitrogens with one attached hydrogen (secondary N) is 2. The zero-order valence-electron chi connectivity index (χ0n) is 11.4. The molecule has 112 valence electrons. The van der Waals surface area contributed by atoms with Gasteiger partial charge < -0.3 is 5.32 Å². The van der Waals surface area contributed by atoms with Crippen molar-refractivity contribution in [3.05, 3.63) is 29.3 Å². The zero-order chi connectivity index (χ0) is 14.9. The van der Waals surface area contributed by atoms with Crippen LogP contribution in [0.3, 0.4) is 0 Å². The smallest absolute Gasteiger partial charge is 0.243 e. The van der Waals surface area contributed by atoms with Gasteiger partial charge in [0, 0.05) is 12.1 Å². The molecule has 1 aromatic rings. The predicted molar refractivity (Wildman–Crippen MR) is 71.9 cm³/mol. The Morgan fingerprint density at radius 3 is 2.65 bits per heavy atom. The quantitative estimate of drug-likeness (QED) is 0.891. The second kappa shape index (κ2) is 5.75. The zero-order valence-corrected chi connectivity index (χ0v) is 12.2. The summed E-state index contributed by atoms with van der Waals surface area (Å²) in [4.78, 5) is -0.498. The molecule has 1 heterocycles. The van der Waals surface area contributed by atoms with Crippen molar-refractivity contribution >= 4 is 10.0 Å². The van der Waals surface area contributed by atoms with Gasteiger partial charge in [-0.1, -0.05) is 6.92 Å². The van der Waals surface area contributed by atoms with Crippen LogP contribution in [0.1, 0.15) is 18.9 Å². The van der Waals surface area contributed by atoms with E-state index in [0.717, 1.165) is 6.07 Å². The van der Waals surface area contributed by atoms with Gasteiger partial charge in [-0.15, -0.1) is 0 Å². The first-order valence-corrected chi connectivity index (χ1v) is 7.98. The Kier molecular flexibility index (Phi) is 4.41. The van der Waals surface area contributed by atoms with Crippen molar-refractivity contribution in [3.63, 3.8) is 0 Å². The maximum Gasteiger partial charge on any atom is 0.243 e. The minimum absolute atomic E-state index is 0.102. The number of rotatable bonds is 3. The lowest BCUT2D eigenvalue weighted by Crippen LogP contribution is -2.48. The molecule has 7 heteroatoms. The summed E-state index contributed by atoms with van der Waals surface area (Å²) >= 11 is 0. The summed E-state index contributed by atoms with van der Waals surface area (Å²) in [5.41, 5.74) is 0.102. The Morgan fingerprint density at radius 2 is 2.00 bits per heavy atom. The highest BCUT2D eigenvalue weighted by Crippen LogP contribution is 2.21. The van der Waals surface area contributed by atoms with Crippen LogP contribution < -0.4 is 10.0 Å². The van der Waals surface area contributed by atoms with Crippen molar-refractivity contribution in [3.8, 4) is 0 Å². The van der Waals surface area contributed by atoms with Gasteiger partial charge in [0.2, 0.25) is 10.0 Å². The number of sulfonamides is 1. The molecule has 0 bridgehead atoms. The van der Waals surface area contributed by atoms with Crippen molar-refractivity contribution in [1.82, 2.24) is 10.0 Å². The van der Waals surface area contributed by atoms with Gasteiger partial charge in [0.1, 0.15) is 16.5 Å². The SMILES string of the molecule is Cc1cc(S(=O)(=O)NC2CCNCC2C)c(F)cc1F. The van der Waals surface area contributed by atoms with Crippen LogP contribution in [0.2, 0.25) is 0 Å². The Hall–Kier alpha value is -1.05. The van der Waals surface area contributed by atoms with E-state index in [1.165, 1.54) is 6.92 Å². The first-order valence-electron chi connectivity index (χ1n) is 6.50. The highest BCUT2D eigenvalue weighted by molar-refractivity contribution is 7.89. The molecule has 4 nitrogen and oxygen atoms in total. The molecule has 0 saturated carbocycles. The third-order valence-electron chi connectivity index (χ3n) is 3.59. The molecule has 1 aromatic carbocycles. The van der Waals surface area contributed by atoms with Crippen LogP contribution in [0.4, 0.5) is 8.78 Å². The molecule has 2 atom stereocenters. The van der Waals surface area contributed by atoms with Gasteiger partial charge in [-0.25, -0.2) is 21.9 Å². The molecule has 1 fully saturated rings. The summed E-state index contributed by atoms with van der Waals surface area (Å²) in [5, 5.41) is 3.16. The van der Waals surface area contributed by atoms with Crippen molar-refractivity contribution in [2.75, 3.05) is 13.1 Å². The molecular weight excluding hydrogens is 286 g/mol. The van der Waals surface area contributed by atoms with Crippen molar-refractivity contribution < 1.29 is 17.2 Å².